The summed E-state index contributed by atoms with van der Waals surface area (Å²) in [6, 6.07) is 15.1. The number of rotatable bonds is 6. The van der Waals surface area contributed by atoms with Crippen molar-refractivity contribution in [1.29, 1.82) is 0 Å². The van der Waals surface area contributed by atoms with Crippen LogP contribution in [0.4, 0.5) is 0 Å². The van der Waals surface area contributed by atoms with Gasteiger partial charge in [0.15, 0.2) is 0 Å². The molecule has 0 saturated carbocycles. The summed E-state index contributed by atoms with van der Waals surface area (Å²) >= 11 is 3.35. The second-order valence-corrected chi connectivity index (χ2v) is 8.43. The third-order valence-electron chi connectivity index (χ3n) is 4.94. The number of thiophene rings is 2. The summed E-state index contributed by atoms with van der Waals surface area (Å²) in [4.78, 5) is 16.0. The fourth-order valence-corrected chi connectivity index (χ4v) is 4.96. The summed E-state index contributed by atoms with van der Waals surface area (Å²) in [5.41, 5.74) is 4.16. The van der Waals surface area contributed by atoms with Crippen LogP contribution in [-0.4, -0.2) is 23.9 Å². The minimum Gasteiger partial charge on any atom is -0.354 e. The van der Waals surface area contributed by atoms with Crippen LogP contribution in [0.15, 0.2) is 58.6 Å². The standard InChI is InChI=1S/C21H22N2OS2/c24-21(12-19-6-3-10-26-19)22-13-20(18-8-11-25-15-18)23-9-7-16-4-1-2-5-17(16)14-23/h1-6,8,10-11,15,20H,7,9,12-14H2,(H,22,24). The number of hydrogen-bond acceptors (Lipinski definition) is 4. The van der Waals surface area contributed by atoms with Gasteiger partial charge in [-0.05, 0) is 51.4 Å². The molecule has 0 spiro atoms. The van der Waals surface area contributed by atoms with Crippen LogP contribution in [0.5, 0.6) is 0 Å². The number of fused-ring (bicyclic) bond motifs is 1. The van der Waals surface area contributed by atoms with Gasteiger partial charge in [0.05, 0.1) is 12.5 Å². The van der Waals surface area contributed by atoms with Gasteiger partial charge in [-0.25, -0.2) is 0 Å². The molecular weight excluding hydrogens is 360 g/mol. The summed E-state index contributed by atoms with van der Waals surface area (Å²) in [6.45, 7) is 2.62. The largest absolute Gasteiger partial charge is 0.354 e. The summed E-state index contributed by atoms with van der Waals surface area (Å²) < 4.78 is 0. The van der Waals surface area contributed by atoms with Crippen LogP contribution >= 0.6 is 22.7 Å². The predicted molar refractivity (Wildman–Crippen MR) is 109 cm³/mol. The summed E-state index contributed by atoms with van der Waals surface area (Å²) in [6.07, 6.45) is 1.54. The van der Waals surface area contributed by atoms with Gasteiger partial charge in [-0.1, -0.05) is 30.3 Å². The molecule has 1 aliphatic rings. The van der Waals surface area contributed by atoms with Gasteiger partial charge < -0.3 is 5.32 Å². The van der Waals surface area contributed by atoms with Crippen molar-refractivity contribution in [3.63, 3.8) is 0 Å². The van der Waals surface area contributed by atoms with Crippen molar-refractivity contribution < 1.29 is 4.79 Å². The van der Waals surface area contributed by atoms with Gasteiger partial charge >= 0.3 is 0 Å². The molecule has 3 nitrogen and oxygen atoms in total. The zero-order chi connectivity index (χ0) is 17.8. The first-order chi connectivity index (χ1) is 12.8. The van der Waals surface area contributed by atoms with E-state index >= 15 is 0 Å². The summed E-state index contributed by atoms with van der Waals surface area (Å²) in [5, 5.41) is 9.50. The Bertz CT molecular complexity index is 843. The Kier molecular flexibility index (Phi) is 5.48. The van der Waals surface area contributed by atoms with E-state index in [9.17, 15) is 4.79 Å². The number of carbonyl (C=O) groups is 1. The quantitative estimate of drug-likeness (QED) is 0.691. The average Bonchev–Trinajstić information content (AvgIpc) is 3.36. The second kappa shape index (κ2) is 8.16. The molecule has 3 aromatic rings. The number of nitrogens with zero attached hydrogens (tertiary/aromatic N) is 1. The molecule has 2 aromatic heterocycles. The maximum absolute atomic E-state index is 12.3. The molecule has 1 aromatic carbocycles. The fraction of sp³-hybridized carbons (Fsp3) is 0.286. The Hall–Kier alpha value is -1.95. The highest BCUT2D eigenvalue weighted by atomic mass is 32.1. The molecule has 1 aliphatic heterocycles. The molecular formula is C21H22N2OS2. The van der Waals surface area contributed by atoms with E-state index in [0.29, 0.717) is 13.0 Å². The Balaban J connectivity index is 1.45. The molecule has 134 valence electrons. The van der Waals surface area contributed by atoms with Crippen LogP contribution in [-0.2, 0) is 24.2 Å². The van der Waals surface area contributed by atoms with E-state index in [4.69, 9.17) is 0 Å². The molecule has 1 unspecified atom stereocenters. The van der Waals surface area contributed by atoms with Crippen LogP contribution in [0.1, 0.15) is 27.6 Å². The normalized spacial score (nSPS) is 15.4. The molecule has 0 saturated heterocycles. The third-order valence-corrected chi connectivity index (χ3v) is 6.51. The van der Waals surface area contributed by atoms with E-state index in [-0.39, 0.29) is 11.9 Å². The lowest BCUT2D eigenvalue weighted by atomic mass is 9.97. The number of amides is 1. The van der Waals surface area contributed by atoms with Gasteiger partial charge in [0.25, 0.3) is 0 Å². The van der Waals surface area contributed by atoms with Crippen LogP contribution in [0.3, 0.4) is 0 Å². The number of benzene rings is 1. The lowest BCUT2D eigenvalue weighted by molar-refractivity contribution is -0.120. The second-order valence-electron chi connectivity index (χ2n) is 6.62. The van der Waals surface area contributed by atoms with Crippen LogP contribution in [0, 0.1) is 0 Å². The average molecular weight is 383 g/mol. The molecule has 0 fully saturated rings. The lowest BCUT2D eigenvalue weighted by Crippen LogP contribution is -2.40. The Morgan fingerprint density at radius 3 is 2.77 bits per heavy atom. The van der Waals surface area contributed by atoms with Gasteiger partial charge in [-0.15, -0.1) is 11.3 Å². The fourth-order valence-electron chi connectivity index (χ4n) is 3.55. The van der Waals surface area contributed by atoms with E-state index < -0.39 is 0 Å². The molecule has 1 N–H and O–H groups in total. The SMILES string of the molecule is O=C(Cc1cccs1)NCC(c1ccsc1)N1CCc2ccccc2C1. The number of nitrogens with one attached hydrogen (secondary N) is 1. The van der Waals surface area contributed by atoms with E-state index in [1.165, 1.54) is 16.7 Å². The zero-order valence-corrected chi connectivity index (χ0v) is 16.2. The maximum atomic E-state index is 12.3. The molecule has 0 radical (unpaired) electrons. The highest BCUT2D eigenvalue weighted by Crippen LogP contribution is 2.28. The number of carbonyl (C=O) groups excluding carboxylic acids is 1. The monoisotopic (exact) mass is 382 g/mol. The first-order valence-electron chi connectivity index (χ1n) is 8.91. The van der Waals surface area contributed by atoms with Crippen LogP contribution < -0.4 is 5.32 Å². The third kappa shape index (κ3) is 4.06. The maximum Gasteiger partial charge on any atom is 0.225 e. The van der Waals surface area contributed by atoms with Crippen LogP contribution in [0.2, 0.25) is 0 Å². The topological polar surface area (TPSA) is 32.3 Å². The lowest BCUT2D eigenvalue weighted by Gasteiger charge is -2.35. The van der Waals surface area contributed by atoms with Crippen molar-refractivity contribution in [2.45, 2.75) is 25.4 Å². The van der Waals surface area contributed by atoms with Gasteiger partial charge in [0.1, 0.15) is 0 Å². The van der Waals surface area contributed by atoms with E-state index in [1.54, 1.807) is 22.7 Å². The van der Waals surface area contributed by atoms with Crippen molar-refractivity contribution in [1.82, 2.24) is 10.2 Å². The minimum absolute atomic E-state index is 0.102. The van der Waals surface area contributed by atoms with Crippen molar-refractivity contribution in [2.24, 2.45) is 0 Å². The Morgan fingerprint density at radius 1 is 1.12 bits per heavy atom. The van der Waals surface area contributed by atoms with Crippen LogP contribution in [0.25, 0.3) is 0 Å². The van der Waals surface area contributed by atoms with E-state index in [2.05, 4.69) is 51.3 Å². The smallest absolute Gasteiger partial charge is 0.225 e. The molecule has 0 aliphatic carbocycles. The molecule has 0 bridgehead atoms. The molecule has 1 amide bonds. The molecule has 4 rings (SSSR count). The molecule has 1 atom stereocenters. The molecule has 26 heavy (non-hydrogen) atoms. The minimum atomic E-state index is 0.102. The van der Waals surface area contributed by atoms with E-state index in [0.717, 1.165) is 24.4 Å². The first-order valence-corrected chi connectivity index (χ1v) is 10.7. The summed E-state index contributed by atoms with van der Waals surface area (Å²) in [7, 11) is 0. The first kappa shape index (κ1) is 17.5. The van der Waals surface area contributed by atoms with Crippen molar-refractivity contribution >= 4 is 28.6 Å². The summed E-state index contributed by atoms with van der Waals surface area (Å²) in [5.74, 6) is 0.102. The zero-order valence-electron chi connectivity index (χ0n) is 14.6. The van der Waals surface area contributed by atoms with E-state index in [1.807, 2.05) is 17.5 Å². The van der Waals surface area contributed by atoms with Gasteiger partial charge in [-0.2, -0.15) is 11.3 Å². The van der Waals surface area contributed by atoms with Gasteiger partial charge in [0, 0.05) is 24.5 Å². The number of hydrogen-bond donors (Lipinski definition) is 1. The highest BCUT2D eigenvalue weighted by Gasteiger charge is 2.25. The van der Waals surface area contributed by atoms with Crippen molar-refractivity contribution in [3.8, 4) is 0 Å². The predicted octanol–water partition coefficient (Wildman–Crippen LogP) is 4.27. The van der Waals surface area contributed by atoms with Gasteiger partial charge in [0.2, 0.25) is 5.91 Å². The van der Waals surface area contributed by atoms with Crippen molar-refractivity contribution in [3.05, 3.63) is 80.2 Å². The Morgan fingerprint density at radius 2 is 2.00 bits per heavy atom. The highest BCUT2D eigenvalue weighted by molar-refractivity contribution is 7.10. The molecule has 3 heterocycles. The Labute approximate surface area is 162 Å². The van der Waals surface area contributed by atoms with Gasteiger partial charge in [-0.3, -0.25) is 9.69 Å². The molecule has 5 heteroatoms. The van der Waals surface area contributed by atoms with Crippen molar-refractivity contribution in [2.75, 3.05) is 13.1 Å².